The molecule has 0 spiro atoms. The second-order valence-electron chi connectivity index (χ2n) is 3.88. The lowest BCUT2D eigenvalue weighted by Gasteiger charge is -2.12. The summed E-state index contributed by atoms with van der Waals surface area (Å²) < 4.78 is 10.8. The molecule has 0 bridgehead atoms. The summed E-state index contributed by atoms with van der Waals surface area (Å²) in [5.74, 6) is 1.19. The van der Waals surface area contributed by atoms with Crippen LogP contribution in [0.5, 0.6) is 17.2 Å². The van der Waals surface area contributed by atoms with Gasteiger partial charge in [-0.15, -0.1) is 0 Å². The number of rotatable bonds is 4. The third-order valence-electron chi connectivity index (χ3n) is 2.61. The van der Waals surface area contributed by atoms with Crippen LogP contribution in [0.25, 0.3) is 0 Å². The first-order valence-corrected chi connectivity index (χ1v) is 6.06. The molecule has 0 unspecified atom stereocenters. The van der Waals surface area contributed by atoms with Crippen molar-refractivity contribution in [2.24, 2.45) is 0 Å². The average Bonchev–Trinajstić information content (AvgIpc) is 2.49. The van der Waals surface area contributed by atoms with Crippen molar-refractivity contribution in [1.29, 1.82) is 5.26 Å². The summed E-state index contributed by atoms with van der Waals surface area (Å²) in [5.41, 5.74) is 0.796. The molecule has 4 nitrogen and oxygen atoms in total. The second-order valence-corrected chi connectivity index (χ2v) is 4.32. The van der Waals surface area contributed by atoms with E-state index in [-0.39, 0.29) is 0 Å². The molecule has 5 heteroatoms. The van der Waals surface area contributed by atoms with Crippen molar-refractivity contribution in [3.8, 4) is 23.3 Å². The highest BCUT2D eigenvalue weighted by Gasteiger charge is 2.10. The van der Waals surface area contributed by atoms with Crippen molar-refractivity contribution >= 4 is 17.9 Å². The zero-order valence-corrected chi connectivity index (χ0v) is 11.3. The normalized spacial score (nSPS) is 9.65. The molecule has 0 radical (unpaired) electrons. The number of ether oxygens (including phenoxy) is 2. The number of aldehydes is 1. The van der Waals surface area contributed by atoms with Gasteiger partial charge in [-0.1, -0.05) is 11.6 Å². The van der Waals surface area contributed by atoms with Gasteiger partial charge in [-0.2, -0.15) is 5.26 Å². The highest BCUT2D eigenvalue weighted by molar-refractivity contribution is 6.30. The Morgan fingerprint density at radius 3 is 2.55 bits per heavy atom. The van der Waals surface area contributed by atoms with Crippen molar-refractivity contribution in [3.63, 3.8) is 0 Å². The Balaban J connectivity index is 2.40. The molecular weight excluding hydrogens is 278 g/mol. The van der Waals surface area contributed by atoms with Gasteiger partial charge in [0, 0.05) is 11.1 Å². The van der Waals surface area contributed by atoms with Crippen molar-refractivity contribution in [1.82, 2.24) is 0 Å². The number of carbonyl (C=O) groups excluding carboxylic acids is 1. The summed E-state index contributed by atoms with van der Waals surface area (Å²) in [6.45, 7) is 0. The summed E-state index contributed by atoms with van der Waals surface area (Å²) in [6, 6.07) is 11.5. The van der Waals surface area contributed by atoms with Crippen molar-refractivity contribution in [2.75, 3.05) is 7.11 Å². The van der Waals surface area contributed by atoms with E-state index in [4.69, 9.17) is 26.3 Å². The molecule has 0 aliphatic carbocycles. The van der Waals surface area contributed by atoms with Gasteiger partial charge in [0.25, 0.3) is 0 Å². The lowest BCUT2D eigenvalue weighted by atomic mass is 10.2. The molecule has 0 amide bonds. The van der Waals surface area contributed by atoms with E-state index in [0.717, 1.165) is 0 Å². The van der Waals surface area contributed by atoms with Gasteiger partial charge in [0.1, 0.15) is 5.75 Å². The minimum absolute atomic E-state index is 0.337. The number of carbonyl (C=O) groups is 1. The predicted octanol–water partition coefficient (Wildman–Crippen LogP) is 3.83. The van der Waals surface area contributed by atoms with E-state index in [1.165, 1.54) is 13.2 Å². The molecule has 20 heavy (non-hydrogen) atoms. The quantitative estimate of drug-likeness (QED) is 0.802. The summed E-state index contributed by atoms with van der Waals surface area (Å²) in [4.78, 5) is 11.0. The number of hydrogen-bond donors (Lipinski definition) is 0. The maximum absolute atomic E-state index is 11.0. The average molecular weight is 288 g/mol. The predicted molar refractivity (Wildman–Crippen MR) is 74.6 cm³/mol. The number of benzene rings is 2. The standard InChI is InChI=1S/C15H10ClNO3/c1-19-15-6-10(8-17)2-4-14(15)20-13-5-3-12(16)7-11(13)9-18/h2-7,9H,1H3. The molecule has 0 fully saturated rings. The zero-order chi connectivity index (χ0) is 14.5. The fraction of sp³-hybridized carbons (Fsp3) is 0.0667. The van der Waals surface area contributed by atoms with Crippen LogP contribution in [0, 0.1) is 11.3 Å². The number of nitriles is 1. The first kappa shape index (κ1) is 13.9. The maximum Gasteiger partial charge on any atom is 0.169 e. The fourth-order valence-electron chi connectivity index (χ4n) is 1.64. The van der Waals surface area contributed by atoms with Crippen molar-refractivity contribution < 1.29 is 14.3 Å². The first-order valence-electron chi connectivity index (χ1n) is 5.68. The van der Waals surface area contributed by atoms with Crippen molar-refractivity contribution in [2.45, 2.75) is 0 Å². The van der Waals surface area contributed by atoms with Gasteiger partial charge in [0.2, 0.25) is 0 Å². The van der Waals surface area contributed by atoms with Gasteiger partial charge >= 0.3 is 0 Å². The summed E-state index contributed by atoms with van der Waals surface area (Å²) in [6.07, 6.45) is 0.664. The maximum atomic E-state index is 11.0. The van der Waals surface area contributed by atoms with Gasteiger partial charge in [-0.05, 0) is 30.3 Å². The molecule has 100 valence electrons. The van der Waals surface area contributed by atoms with Crippen LogP contribution in [0.15, 0.2) is 36.4 Å². The molecule has 0 N–H and O–H groups in total. The van der Waals surface area contributed by atoms with Crippen LogP contribution in [0.4, 0.5) is 0 Å². The minimum Gasteiger partial charge on any atom is -0.493 e. The van der Waals surface area contributed by atoms with Crippen LogP contribution in [-0.4, -0.2) is 13.4 Å². The van der Waals surface area contributed by atoms with E-state index in [9.17, 15) is 4.79 Å². The number of halogens is 1. The zero-order valence-electron chi connectivity index (χ0n) is 10.6. The van der Waals surface area contributed by atoms with Gasteiger partial charge in [-0.3, -0.25) is 4.79 Å². The Hall–Kier alpha value is -2.51. The highest BCUT2D eigenvalue weighted by Crippen LogP contribution is 2.34. The van der Waals surface area contributed by atoms with Gasteiger partial charge in [0.05, 0.1) is 24.3 Å². The third kappa shape index (κ3) is 2.90. The van der Waals surface area contributed by atoms with E-state index in [1.54, 1.807) is 30.3 Å². The summed E-state index contributed by atoms with van der Waals surface area (Å²) in [7, 11) is 1.48. The van der Waals surface area contributed by atoms with Crippen LogP contribution in [0.2, 0.25) is 5.02 Å². The minimum atomic E-state index is 0.337. The molecule has 0 saturated heterocycles. The van der Waals surface area contributed by atoms with Crippen LogP contribution < -0.4 is 9.47 Å². The molecular formula is C15H10ClNO3. The third-order valence-corrected chi connectivity index (χ3v) is 2.85. The topological polar surface area (TPSA) is 59.3 Å². The Bertz CT molecular complexity index is 692. The summed E-state index contributed by atoms with van der Waals surface area (Å²) in [5, 5.41) is 9.29. The molecule has 0 aromatic heterocycles. The van der Waals surface area contributed by atoms with Crippen molar-refractivity contribution in [3.05, 3.63) is 52.5 Å². The molecule has 0 atom stereocenters. The molecule has 0 aliphatic rings. The Morgan fingerprint density at radius 2 is 1.90 bits per heavy atom. The van der Waals surface area contributed by atoms with Crippen LogP contribution >= 0.6 is 11.6 Å². The molecule has 0 heterocycles. The number of methoxy groups -OCH3 is 1. The van der Waals surface area contributed by atoms with Gasteiger partial charge < -0.3 is 9.47 Å². The smallest absolute Gasteiger partial charge is 0.169 e. The summed E-state index contributed by atoms with van der Waals surface area (Å²) >= 11 is 5.82. The lowest BCUT2D eigenvalue weighted by molar-refractivity contribution is 0.112. The highest BCUT2D eigenvalue weighted by atomic mass is 35.5. The SMILES string of the molecule is COc1cc(C#N)ccc1Oc1ccc(Cl)cc1C=O. The molecule has 2 aromatic carbocycles. The Labute approximate surface area is 121 Å². The van der Waals surface area contributed by atoms with Crippen LogP contribution in [-0.2, 0) is 0 Å². The van der Waals surface area contributed by atoms with Gasteiger partial charge in [0.15, 0.2) is 17.8 Å². The number of hydrogen-bond acceptors (Lipinski definition) is 4. The van der Waals surface area contributed by atoms with E-state index in [0.29, 0.717) is 39.7 Å². The molecule has 2 rings (SSSR count). The second kappa shape index (κ2) is 6.09. The van der Waals surface area contributed by atoms with Crippen LogP contribution in [0.1, 0.15) is 15.9 Å². The Morgan fingerprint density at radius 1 is 1.15 bits per heavy atom. The van der Waals surface area contributed by atoms with Crippen LogP contribution in [0.3, 0.4) is 0 Å². The van der Waals surface area contributed by atoms with E-state index < -0.39 is 0 Å². The first-order chi connectivity index (χ1) is 9.67. The van der Waals surface area contributed by atoms with E-state index in [2.05, 4.69) is 0 Å². The fourth-order valence-corrected chi connectivity index (χ4v) is 1.82. The molecule has 0 aliphatic heterocycles. The monoisotopic (exact) mass is 287 g/mol. The van der Waals surface area contributed by atoms with Gasteiger partial charge in [-0.25, -0.2) is 0 Å². The van der Waals surface area contributed by atoms with E-state index in [1.807, 2.05) is 6.07 Å². The largest absolute Gasteiger partial charge is 0.493 e. The molecule has 2 aromatic rings. The Kier molecular flexibility index (Phi) is 4.24. The lowest BCUT2D eigenvalue weighted by Crippen LogP contribution is -1.94. The molecule has 0 saturated carbocycles. The number of nitrogens with zero attached hydrogens (tertiary/aromatic N) is 1. The van der Waals surface area contributed by atoms with E-state index >= 15 is 0 Å².